The van der Waals surface area contributed by atoms with Crippen molar-refractivity contribution in [3.05, 3.63) is 42.1 Å². The summed E-state index contributed by atoms with van der Waals surface area (Å²) in [6.45, 7) is 1.97. The third-order valence-corrected chi connectivity index (χ3v) is 7.45. The van der Waals surface area contributed by atoms with Crippen LogP contribution < -0.4 is 15.0 Å². The number of benzene rings is 1. The van der Waals surface area contributed by atoms with Crippen molar-refractivity contribution in [1.29, 1.82) is 0 Å². The zero-order chi connectivity index (χ0) is 20.9. The van der Waals surface area contributed by atoms with Crippen molar-refractivity contribution < 1.29 is 4.74 Å². The van der Waals surface area contributed by atoms with Crippen molar-refractivity contribution in [2.45, 2.75) is 42.2 Å². The van der Waals surface area contributed by atoms with Crippen LogP contribution >= 0.6 is 11.8 Å². The predicted molar refractivity (Wildman–Crippen MR) is 121 cm³/mol. The van der Waals surface area contributed by atoms with Gasteiger partial charge in [-0.15, -0.1) is 11.8 Å². The number of hydrogen-bond donors (Lipinski definition) is 1. The number of methoxy groups -OCH3 is 1. The van der Waals surface area contributed by atoms with E-state index in [0.29, 0.717) is 10.7 Å². The minimum Gasteiger partial charge on any atom is -0.494 e. The van der Waals surface area contributed by atoms with Gasteiger partial charge in [-0.1, -0.05) is 6.42 Å². The highest BCUT2D eigenvalue weighted by Crippen LogP contribution is 2.57. The van der Waals surface area contributed by atoms with Crippen LogP contribution in [0.15, 0.2) is 35.6 Å². The Morgan fingerprint density at radius 3 is 2.70 bits per heavy atom. The molecule has 30 heavy (non-hydrogen) atoms. The first-order valence-corrected chi connectivity index (χ1v) is 11.0. The van der Waals surface area contributed by atoms with E-state index < -0.39 is 0 Å². The summed E-state index contributed by atoms with van der Waals surface area (Å²) in [5.41, 5.74) is 3.96. The molecule has 1 aliphatic heterocycles. The van der Waals surface area contributed by atoms with Crippen molar-refractivity contribution in [3.8, 4) is 11.4 Å². The Labute approximate surface area is 180 Å². The molecule has 0 bridgehead atoms. The minimum atomic E-state index is 0.355. The van der Waals surface area contributed by atoms with Crippen molar-refractivity contribution in [2.24, 2.45) is 0 Å². The Morgan fingerprint density at radius 2 is 2.07 bits per heavy atom. The summed E-state index contributed by atoms with van der Waals surface area (Å²) < 4.78 is 7.95. The van der Waals surface area contributed by atoms with Crippen LogP contribution in [0.25, 0.3) is 5.69 Å². The van der Waals surface area contributed by atoms with E-state index in [4.69, 9.17) is 14.7 Å². The van der Waals surface area contributed by atoms with Crippen LogP contribution in [0, 0.1) is 6.92 Å². The maximum Gasteiger partial charge on any atom is 0.229 e. The van der Waals surface area contributed by atoms with Gasteiger partial charge in [0.1, 0.15) is 11.6 Å². The molecule has 2 aromatic heterocycles. The zero-order valence-corrected chi connectivity index (χ0v) is 18.6. The Balaban J connectivity index is 1.46. The lowest BCUT2D eigenvalue weighted by Crippen LogP contribution is -2.32. The minimum absolute atomic E-state index is 0.355. The largest absolute Gasteiger partial charge is 0.494 e. The first kappa shape index (κ1) is 19.2. The van der Waals surface area contributed by atoms with Crippen molar-refractivity contribution in [1.82, 2.24) is 19.5 Å². The number of ether oxygens (including phenoxy) is 1. The van der Waals surface area contributed by atoms with Gasteiger partial charge in [0.2, 0.25) is 5.95 Å². The molecule has 1 spiro atoms. The second-order valence-electron chi connectivity index (χ2n) is 8.29. The van der Waals surface area contributed by atoms with Crippen LogP contribution in [0.2, 0.25) is 0 Å². The Hall–Kier alpha value is -2.74. The second kappa shape index (κ2) is 7.19. The normalized spacial score (nSPS) is 16.3. The molecular weight excluding hydrogens is 396 g/mol. The monoisotopic (exact) mass is 422 g/mol. The third-order valence-electron chi connectivity index (χ3n) is 5.84. The quantitative estimate of drug-likeness (QED) is 0.655. The summed E-state index contributed by atoms with van der Waals surface area (Å²) in [5, 5.41) is 3.39. The molecule has 8 heteroatoms. The molecule has 0 unspecified atom stereocenters. The first-order valence-electron chi connectivity index (χ1n) is 10.2. The lowest BCUT2D eigenvalue weighted by molar-refractivity contribution is 0.365. The molecule has 3 aromatic rings. The van der Waals surface area contributed by atoms with Crippen LogP contribution in [0.5, 0.6) is 5.75 Å². The summed E-state index contributed by atoms with van der Waals surface area (Å²) >= 11 is 1.98. The van der Waals surface area contributed by atoms with E-state index in [-0.39, 0.29) is 0 Å². The Bertz CT molecular complexity index is 1110. The van der Waals surface area contributed by atoms with Gasteiger partial charge in [-0.2, -0.15) is 4.98 Å². The molecule has 2 aliphatic rings. The number of imidazole rings is 1. The summed E-state index contributed by atoms with van der Waals surface area (Å²) in [5.74, 6) is 2.38. The number of hydrogen-bond acceptors (Lipinski definition) is 7. The number of nitrogens with zero attached hydrogens (tertiary/aromatic N) is 5. The highest BCUT2D eigenvalue weighted by Gasteiger charge is 2.45. The molecule has 1 N–H and O–H groups in total. The number of rotatable bonds is 5. The smallest absolute Gasteiger partial charge is 0.229 e. The summed E-state index contributed by atoms with van der Waals surface area (Å²) in [4.78, 5) is 17.3. The van der Waals surface area contributed by atoms with Crippen LogP contribution in [-0.2, 0) is 6.42 Å². The van der Waals surface area contributed by atoms with E-state index >= 15 is 0 Å². The number of thioether (sulfide) groups is 1. The van der Waals surface area contributed by atoms with E-state index in [0.717, 1.165) is 35.1 Å². The fourth-order valence-electron chi connectivity index (χ4n) is 4.13. The standard InChI is InChI=1S/C22H26N6OS/c1-14-12-28(13-23-14)17-7-6-15(10-18(17)29-4)24-21-25-16-11-22(8-5-9-22)30-19(16)20(26-21)27(2)3/h6-7,10,12-13H,5,8-9,11H2,1-4H3,(H,24,25,26). The van der Waals surface area contributed by atoms with E-state index in [1.807, 2.05) is 61.7 Å². The number of aryl methyl sites for hydroxylation is 1. The second-order valence-corrected chi connectivity index (χ2v) is 9.77. The van der Waals surface area contributed by atoms with Gasteiger partial charge in [-0.05, 0) is 31.9 Å². The van der Waals surface area contributed by atoms with Gasteiger partial charge in [-0.3, -0.25) is 0 Å². The van der Waals surface area contributed by atoms with E-state index in [1.54, 1.807) is 13.4 Å². The average Bonchev–Trinajstić information content (AvgIpc) is 3.30. The van der Waals surface area contributed by atoms with E-state index in [1.165, 1.54) is 29.9 Å². The molecule has 1 aliphatic carbocycles. The van der Waals surface area contributed by atoms with Gasteiger partial charge in [0, 0.05) is 43.2 Å². The van der Waals surface area contributed by atoms with Crippen LogP contribution in [0.1, 0.15) is 30.7 Å². The molecule has 0 atom stereocenters. The maximum absolute atomic E-state index is 5.63. The van der Waals surface area contributed by atoms with Crippen molar-refractivity contribution >= 4 is 29.2 Å². The Morgan fingerprint density at radius 1 is 1.23 bits per heavy atom. The molecule has 1 saturated carbocycles. The number of anilines is 3. The number of aromatic nitrogens is 4. The topological polar surface area (TPSA) is 68.1 Å². The molecular formula is C22H26N6OS. The van der Waals surface area contributed by atoms with Gasteiger partial charge >= 0.3 is 0 Å². The first-order chi connectivity index (χ1) is 14.5. The summed E-state index contributed by atoms with van der Waals surface area (Å²) in [6, 6.07) is 6.00. The van der Waals surface area contributed by atoms with Crippen LogP contribution in [-0.4, -0.2) is 45.5 Å². The lowest BCUT2D eigenvalue weighted by Gasteiger charge is -2.36. The van der Waals surface area contributed by atoms with Gasteiger partial charge in [0.05, 0.1) is 35.4 Å². The summed E-state index contributed by atoms with van der Waals surface area (Å²) in [7, 11) is 5.77. The molecule has 156 valence electrons. The molecule has 7 nitrogen and oxygen atoms in total. The lowest BCUT2D eigenvalue weighted by atomic mass is 9.81. The van der Waals surface area contributed by atoms with Gasteiger partial charge in [0.15, 0.2) is 0 Å². The molecule has 0 radical (unpaired) electrons. The molecule has 3 heterocycles. The molecule has 5 rings (SSSR count). The molecule has 1 aromatic carbocycles. The zero-order valence-electron chi connectivity index (χ0n) is 17.8. The van der Waals surface area contributed by atoms with Crippen LogP contribution in [0.4, 0.5) is 17.5 Å². The van der Waals surface area contributed by atoms with Gasteiger partial charge in [0.25, 0.3) is 0 Å². The highest BCUT2D eigenvalue weighted by molar-refractivity contribution is 8.01. The summed E-state index contributed by atoms with van der Waals surface area (Å²) in [6.07, 6.45) is 8.67. The molecule has 1 fully saturated rings. The number of fused-ring (bicyclic) bond motifs is 1. The van der Waals surface area contributed by atoms with Crippen LogP contribution in [0.3, 0.4) is 0 Å². The Kier molecular flexibility index (Phi) is 4.61. The van der Waals surface area contributed by atoms with Crippen molar-refractivity contribution in [2.75, 3.05) is 31.4 Å². The average molecular weight is 423 g/mol. The fourth-order valence-corrected chi connectivity index (χ4v) is 5.82. The maximum atomic E-state index is 5.63. The molecule has 0 saturated heterocycles. The molecule has 0 amide bonds. The highest BCUT2D eigenvalue weighted by atomic mass is 32.2. The predicted octanol–water partition coefficient (Wildman–Crippen LogP) is 4.36. The van der Waals surface area contributed by atoms with E-state index in [2.05, 4.69) is 15.2 Å². The van der Waals surface area contributed by atoms with E-state index in [9.17, 15) is 0 Å². The SMILES string of the molecule is COc1cc(Nc2nc3c(c(N(C)C)n2)SC2(CCC2)C3)ccc1-n1cnc(C)c1. The van der Waals surface area contributed by atoms with Crippen molar-refractivity contribution in [3.63, 3.8) is 0 Å². The van der Waals surface area contributed by atoms with Gasteiger partial charge in [-0.25, -0.2) is 9.97 Å². The third kappa shape index (κ3) is 3.29. The fraction of sp³-hybridized carbons (Fsp3) is 0.409. The number of nitrogens with one attached hydrogen (secondary N) is 1. The van der Waals surface area contributed by atoms with Gasteiger partial charge < -0.3 is 19.5 Å².